The zero-order valence-electron chi connectivity index (χ0n) is 27.9. The van der Waals surface area contributed by atoms with Crippen molar-refractivity contribution in [3.63, 3.8) is 0 Å². The molecule has 1 N–H and O–H groups in total. The van der Waals surface area contributed by atoms with Gasteiger partial charge in [0.05, 0.1) is 6.04 Å². The molecule has 0 aliphatic carbocycles. The molecule has 2 heterocycles. The van der Waals surface area contributed by atoms with Gasteiger partial charge in [-0.25, -0.2) is 0 Å². The molecule has 1 aromatic rings. The van der Waals surface area contributed by atoms with E-state index in [1.165, 1.54) is 0 Å². The Morgan fingerprint density at radius 3 is 2.10 bits per heavy atom. The van der Waals surface area contributed by atoms with E-state index in [-0.39, 0.29) is 47.1 Å². The lowest BCUT2D eigenvalue weighted by Gasteiger charge is -2.43. The first-order valence-electron chi connectivity index (χ1n) is 16.4. The minimum Gasteiger partial charge on any atom is -0.344 e. The maximum atomic E-state index is 14.3. The van der Waals surface area contributed by atoms with E-state index in [4.69, 9.17) is 0 Å². The summed E-state index contributed by atoms with van der Waals surface area (Å²) >= 11 is 0. The van der Waals surface area contributed by atoms with Gasteiger partial charge in [-0.15, -0.1) is 0 Å². The molecule has 0 unspecified atom stereocenters. The van der Waals surface area contributed by atoms with Crippen molar-refractivity contribution in [2.24, 2.45) is 17.3 Å². The summed E-state index contributed by atoms with van der Waals surface area (Å²) in [6.07, 6.45) is 5.87. The van der Waals surface area contributed by atoms with Crippen LogP contribution in [0, 0.1) is 17.3 Å². The molecule has 42 heavy (non-hydrogen) atoms. The van der Waals surface area contributed by atoms with Gasteiger partial charge in [0.25, 0.3) is 0 Å². The van der Waals surface area contributed by atoms with Gasteiger partial charge in [0.2, 0.25) is 17.7 Å². The van der Waals surface area contributed by atoms with E-state index in [0.29, 0.717) is 13.0 Å². The fourth-order valence-corrected chi connectivity index (χ4v) is 7.01. The Balaban J connectivity index is 1.80. The highest BCUT2D eigenvalue weighted by atomic mass is 16.2. The Labute approximate surface area is 255 Å². The van der Waals surface area contributed by atoms with Crippen molar-refractivity contribution in [3.8, 4) is 0 Å². The topological polar surface area (TPSA) is 73.0 Å². The van der Waals surface area contributed by atoms with Crippen LogP contribution in [-0.2, 0) is 19.8 Å². The smallest absolute Gasteiger partial charge is 0.245 e. The lowest BCUT2D eigenvalue weighted by atomic mass is 9.71. The molecule has 2 saturated heterocycles. The highest BCUT2D eigenvalue weighted by Crippen LogP contribution is 2.35. The predicted octanol–water partition coefficient (Wildman–Crippen LogP) is 5.48. The second-order valence-electron chi connectivity index (χ2n) is 14.7. The highest BCUT2D eigenvalue weighted by molar-refractivity contribution is 5.90. The van der Waals surface area contributed by atoms with Crippen LogP contribution in [0.15, 0.2) is 30.3 Å². The maximum absolute atomic E-state index is 14.3. The Bertz CT molecular complexity index is 1040. The second kappa shape index (κ2) is 14.4. The first kappa shape index (κ1) is 34.1. The summed E-state index contributed by atoms with van der Waals surface area (Å²) < 4.78 is 0. The number of amides is 3. The van der Waals surface area contributed by atoms with Crippen LogP contribution < -0.4 is 5.32 Å². The quantitative estimate of drug-likeness (QED) is 0.375. The molecule has 0 radical (unpaired) electrons. The van der Waals surface area contributed by atoms with Crippen LogP contribution in [0.1, 0.15) is 99.5 Å². The van der Waals surface area contributed by atoms with Gasteiger partial charge in [0, 0.05) is 44.1 Å². The standard InChI is InChI=1S/C35H58N4O3/c1-10-27(35(7,8)26-18-12-11-13-19-26)31(40)36-30(34(4,5)6)33(42)37(9)29(25(2)3)24-39-23-15-14-20-28(39)32(41)38-21-16-17-22-38/h11-13,18-19,25,27-30H,10,14-17,20-24H2,1-9H3,(H,36,40)/t27-,28+,29-,30-/m1/s1. The summed E-state index contributed by atoms with van der Waals surface area (Å²) in [6, 6.07) is 9.31. The van der Waals surface area contributed by atoms with Crippen molar-refractivity contribution in [2.75, 3.05) is 33.2 Å². The van der Waals surface area contributed by atoms with Crippen LogP contribution in [-0.4, -0.2) is 83.8 Å². The van der Waals surface area contributed by atoms with Gasteiger partial charge in [0.1, 0.15) is 6.04 Å². The van der Waals surface area contributed by atoms with E-state index in [0.717, 1.165) is 57.3 Å². The van der Waals surface area contributed by atoms with Crippen molar-refractivity contribution in [2.45, 2.75) is 117 Å². The monoisotopic (exact) mass is 582 g/mol. The lowest BCUT2D eigenvalue weighted by molar-refractivity contribution is -0.143. The number of hydrogen-bond acceptors (Lipinski definition) is 4. The number of carbonyl (C=O) groups excluding carboxylic acids is 3. The van der Waals surface area contributed by atoms with Crippen LogP contribution in [0.25, 0.3) is 0 Å². The van der Waals surface area contributed by atoms with Gasteiger partial charge in [-0.3, -0.25) is 19.3 Å². The number of nitrogens with zero attached hydrogens (tertiary/aromatic N) is 3. The number of nitrogens with one attached hydrogen (secondary N) is 1. The molecule has 0 aromatic heterocycles. The molecule has 2 aliphatic rings. The summed E-state index contributed by atoms with van der Waals surface area (Å²) in [7, 11) is 1.88. The molecule has 2 fully saturated rings. The molecule has 7 nitrogen and oxygen atoms in total. The summed E-state index contributed by atoms with van der Waals surface area (Å²) in [5.74, 6) is 0.0209. The van der Waals surface area contributed by atoms with Crippen LogP contribution >= 0.6 is 0 Å². The number of piperidine rings is 1. The molecule has 0 bridgehead atoms. The fraction of sp³-hybridized carbons (Fsp3) is 0.743. The van der Waals surface area contributed by atoms with Crippen molar-refractivity contribution in [1.82, 2.24) is 20.0 Å². The molecular weight excluding hydrogens is 524 g/mol. The molecule has 236 valence electrons. The highest BCUT2D eigenvalue weighted by Gasteiger charge is 2.42. The van der Waals surface area contributed by atoms with Crippen LogP contribution in [0.2, 0.25) is 0 Å². The zero-order chi connectivity index (χ0) is 31.2. The van der Waals surface area contributed by atoms with Gasteiger partial charge in [-0.2, -0.15) is 0 Å². The first-order valence-corrected chi connectivity index (χ1v) is 16.4. The van der Waals surface area contributed by atoms with Gasteiger partial charge in [-0.1, -0.05) is 92.1 Å². The van der Waals surface area contributed by atoms with Gasteiger partial charge in [-0.05, 0) is 55.5 Å². The fourth-order valence-electron chi connectivity index (χ4n) is 7.01. The maximum Gasteiger partial charge on any atom is 0.245 e. The molecule has 7 heteroatoms. The molecular formula is C35H58N4O3. The largest absolute Gasteiger partial charge is 0.344 e. The molecule has 0 spiro atoms. The number of benzene rings is 1. The van der Waals surface area contributed by atoms with Crippen molar-refractivity contribution >= 4 is 17.7 Å². The van der Waals surface area contributed by atoms with Crippen molar-refractivity contribution in [1.29, 1.82) is 0 Å². The Kier molecular flexibility index (Phi) is 11.7. The van der Waals surface area contributed by atoms with Gasteiger partial charge >= 0.3 is 0 Å². The number of rotatable bonds is 11. The lowest BCUT2D eigenvalue weighted by Crippen LogP contribution is -2.61. The third kappa shape index (κ3) is 7.94. The summed E-state index contributed by atoms with van der Waals surface area (Å²) in [5.41, 5.74) is 0.252. The zero-order valence-corrected chi connectivity index (χ0v) is 27.9. The number of carbonyl (C=O) groups is 3. The van der Waals surface area contributed by atoms with E-state index in [9.17, 15) is 14.4 Å². The summed E-state index contributed by atoms with van der Waals surface area (Å²) in [4.78, 5) is 47.9. The number of hydrogen-bond donors (Lipinski definition) is 1. The molecule has 3 amide bonds. The van der Waals surface area contributed by atoms with Crippen LogP contribution in [0.5, 0.6) is 0 Å². The Hall–Kier alpha value is -2.41. The first-order chi connectivity index (χ1) is 19.7. The summed E-state index contributed by atoms with van der Waals surface area (Å²) in [5, 5.41) is 3.22. The molecule has 0 saturated carbocycles. The van der Waals surface area contributed by atoms with Crippen LogP contribution in [0.3, 0.4) is 0 Å². The Morgan fingerprint density at radius 2 is 1.55 bits per heavy atom. The SMILES string of the molecule is CC[C@H](C(=O)N[C@H](C(=O)N(C)[C@H](CN1CCCC[C@H]1C(=O)N1CCCC1)C(C)C)C(C)(C)C)C(C)(C)c1ccccc1. The Morgan fingerprint density at radius 1 is 0.952 bits per heavy atom. The van der Waals surface area contributed by atoms with Crippen molar-refractivity contribution in [3.05, 3.63) is 35.9 Å². The molecule has 4 atom stereocenters. The third-order valence-electron chi connectivity index (χ3n) is 9.87. The average Bonchev–Trinajstić information content (AvgIpc) is 3.49. The predicted molar refractivity (Wildman–Crippen MR) is 171 cm³/mol. The van der Waals surface area contributed by atoms with Gasteiger partial charge in [0.15, 0.2) is 0 Å². The van der Waals surface area contributed by atoms with E-state index >= 15 is 0 Å². The van der Waals surface area contributed by atoms with Crippen molar-refractivity contribution < 1.29 is 14.4 Å². The normalized spacial score (nSPS) is 20.7. The van der Waals surface area contributed by atoms with E-state index in [1.54, 1.807) is 0 Å². The van der Waals surface area contributed by atoms with E-state index in [1.807, 2.05) is 62.7 Å². The number of likely N-dealkylation sites (N-methyl/N-ethyl adjacent to an activating group) is 1. The number of likely N-dealkylation sites (tertiary alicyclic amines) is 2. The minimum absolute atomic E-state index is 0.0682. The van der Waals surface area contributed by atoms with E-state index in [2.05, 4.69) is 50.0 Å². The minimum atomic E-state index is -0.666. The summed E-state index contributed by atoms with van der Waals surface area (Å²) in [6.45, 7) is 19.9. The third-order valence-corrected chi connectivity index (χ3v) is 9.87. The van der Waals surface area contributed by atoms with E-state index < -0.39 is 11.5 Å². The molecule has 1 aromatic carbocycles. The molecule has 3 rings (SSSR count). The molecule has 2 aliphatic heterocycles. The second-order valence-corrected chi connectivity index (χ2v) is 14.7. The van der Waals surface area contributed by atoms with Gasteiger partial charge < -0.3 is 15.1 Å². The average molecular weight is 583 g/mol. The van der Waals surface area contributed by atoms with Crippen LogP contribution in [0.4, 0.5) is 0 Å².